The van der Waals surface area contributed by atoms with E-state index in [1.54, 1.807) is 7.11 Å². The van der Waals surface area contributed by atoms with Gasteiger partial charge >= 0.3 is 0 Å². The van der Waals surface area contributed by atoms with Crippen molar-refractivity contribution in [3.63, 3.8) is 0 Å². The molecule has 1 saturated heterocycles. The van der Waals surface area contributed by atoms with Crippen LogP contribution in [0.5, 0.6) is 5.75 Å². The largest absolute Gasteiger partial charge is 0.497 e. The van der Waals surface area contributed by atoms with Crippen molar-refractivity contribution in [3.8, 4) is 11.8 Å². The quantitative estimate of drug-likeness (QED) is 0.655. The lowest BCUT2D eigenvalue weighted by Gasteiger charge is -2.42. The maximum Gasteiger partial charge on any atom is 0.123 e. The summed E-state index contributed by atoms with van der Waals surface area (Å²) in [5, 5.41) is 9.61. The van der Waals surface area contributed by atoms with Crippen LogP contribution in [-0.4, -0.2) is 49.1 Å². The molecule has 1 unspecified atom stereocenters. The Morgan fingerprint density at radius 2 is 1.39 bits per heavy atom. The second kappa shape index (κ2) is 11.9. The number of benzene rings is 2. The maximum absolute atomic E-state index is 9.61. The fraction of sp³-hybridized carbons (Fsp3) is 0.519. The third kappa shape index (κ3) is 6.82. The number of hydrogen-bond acceptors (Lipinski definition) is 4. The summed E-state index contributed by atoms with van der Waals surface area (Å²) in [7, 11) is 1.67. The molecule has 4 rings (SSSR count). The Labute approximate surface area is 188 Å². The molecule has 4 heteroatoms. The molecule has 2 aliphatic rings. The summed E-state index contributed by atoms with van der Waals surface area (Å²) >= 11 is 0. The molecule has 0 amide bonds. The Morgan fingerprint density at radius 1 is 0.839 bits per heavy atom. The van der Waals surface area contributed by atoms with E-state index in [0.717, 1.165) is 43.5 Å². The zero-order valence-corrected chi connectivity index (χ0v) is 19.4. The predicted molar refractivity (Wildman–Crippen MR) is 127 cm³/mol. The number of methoxy groups -OCH3 is 1. The summed E-state index contributed by atoms with van der Waals surface area (Å²) in [6.07, 6.45) is 6.96. The highest BCUT2D eigenvalue weighted by molar-refractivity contribution is 5.28. The summed E-state index contributed by atoms with van der Waals surface area (Å²) in [5.41, 5.74) is 3.65. The van der Waals surface area contributed by atoms with Gasteiger partial charge in [-0.1, -0.05) is 66.8 Å². The summed E-state index contributed by atoms with van der Waals surface area (Å²) in [4.78, 5) is 5.02. The van der Waals surface area contributed by atoms with Gasteiger partial charge in [0.05, 0.1) is 13.2 Å². The van der Waals surface area contributed by atoms with Crippen LogP contribution in [0.15, 0.2) is 48.5 Å². The number of rotatable bonds is 4. The monoisotopic (exact) mass is 419 g/mol. The molecule has 2 aromatic rings. The second-order valence-corrected chi connectivity index (χ2v) is 8.82. The van der Waals surface area contributed by atoms with E-state index in [2.05, 4.69) is 54.0 Å². The van der Waals surface area contributed by atoms with Crippen LogP contribution >= 0.6 is 0 Å². The average Bonchev–Trinajstić information content (AvgIpc) is 2.83. The van der Waals surface area contributed by atoms with Gasteiger partial charge in [0.2, 0.25) is 0 Å². The smallest absolute Gasteiger partial charge is 0.123 e. The molecule has 1 heterocycles. The van der Waals surface area contributed by atoms with E-state index in [0.29, 0.717) is 0 Å². The van der Waals surface area contributed by atoms with Crippen molar-refractivity contribution >= 4 is 0 Å². The van der Waals surface area contributed by atoms with E-state index in [1.807, 2.05) is 24.3 Å². The van der Waals surface area contributed by atoms with E-state index in [1.165, 1.54) is 43.2 Å². The van der Waals surface area contributed by atoms with E-state index < -0.39 is 0 Å². The molecule has 0 aromatic heterocycles. The first-order valence-electron chi connectivity index (χ1n) is 11.7. The van der Waals surface area contributed by atoms with Crippen LogP contribution in [-0.2, 0) is 0 Å². The van der Waals surface area contributed by atoms with Gasteiger partial charge in [-0.3, -0.25) is 9.80 Å². The Morgan fingerprint density at radius 3 is 1.90 bits per heavy atom. The Kier molecular flexibility index (Phi) is 8.94. The highest BCUT2D eigenvalue weighted by Gasteiger charge is 2.28. The van der Waals surface area contributed by atoms with E-state index >= 15 is 0 Å². The first kappa shape index (κ1) is 23.3. The fourth-order valence-corrected chi connectivity index (χ4v) is 4.60. The SMILES string of the molecule is COc1ccc(C)cc1.Cc1ccc(C(C#N)N2CCN(C3CCCCC3)CC2)cc1. The summed E-state index contributed by atoms with van der Waals surface area (Å²) in [6, 6.07) is 19.6. The molecule has 0 bridgehead atoms. The van der Waals surface area contributed by atoms with Gasteiger partial charge in [0.1, 0.15) is 11.8 Å². The third-order valence-corrected chi connectivity index (χ3v) is 6.58. The van der Waals surface area contributed by atoms with E-state index in [4.69, 9.17) is 4.74 Å². The maximum atomic E-state index is 9.61. The van der Waals surface area contributed by atoms with Gasteiger partial charge < -0.3 is 4.74 Å². The number of aryl methyl sites for hydroxylation is 2. The lowest BCUT2D eigenvalue weighted by atomic mass is 9.93. The molecule has 0 radical (unpaired) electrons. The molecule has 1 aliphatic carbocycles. The number of nitriles is 1. The van der Waals surface area contributed by atoms with Gasteiger partial charge in [0, 0.05) is 32.2 Å². The Hall–Kier alpha value is -2.35. The molecule has 1 aliphatic heterocycles. The van der Waals surface area contributed by atoms with Gasteiger partial charge in [-0.15, -0.1) is 0 Å². The van der Waals surface area contributed by atoms with Gasteiger partial charge in [0.15, 0.2) is 0 Å². The number of piperazine rings is 1. The lowest BCUT2D eigenvalue weighted by molar-refractivity contribution is 0.0676. The van der Waals surface area contributed by atoms with Crippen molar-refractivity contribution in [2.45, 2.75) is 58.0 Å². The highest BCUT2D eigenvalue weighted by atomic mass is 16.5. The minimum atomic E-state index is -0.0888. The molecule has 0 N–H and O–H groups in total. The number of ether oxygens (including phenoxy) is 1. The van der Waals surface area contributed by atoms with Crippen molar-refractivity contribution in [1.29, 1.82) is 5.26 Å². The van der Waals surface area contributed by atoms with Crippen LogP contribution in [0.2, 0.25) is 0 Å². The molecule has 4 nitrogen and oxygen atoms in total. The third-order valence-electron chi connectivity index (χ3n) is 6.58. The zero-order chi connectivity index (χ0) is 22.1. The van der Waals surface area contributed by atoms with E-state index in [-0.39, 0.29) is 6.04 Å². The van der Waals surface area contributed by atoms with E-state index in [9.17, 15) is 5.26 Å². The molecule has 1 atom stereocenters. The van der Waals surface area contributed by atoms with Gasteiger partial charge in [-0.2, -0.15) is 5.26 Å². The topological polar surface area (TPSA) is 39.5 Å². The molecule has 1 saturated carbocycles. The Bertz CT molecular complexity index is 811. The van der Waals surface area contributed by atoms with Crippen LogP contribution in [0.25, 0.3) is 0 Å². The lowest BCUT2D eigenvalue weighted by Crippen LogP contribution is -2.51. The molecule has 31 heavy (non-hydrogen) atoms. The number of hydrogen-bond donors (Lipinski definition) is 0. The first-order chi connectivity index (χ1) is 15.1. The molecule has 166 valence electrons. The molecule has 2 fully saturated rings. The summed E-state index contributed by atoms with van der Waals surface area (Å²) < 4.78 is 4.97. The van der Waals surface area contributed by atoms with Crippen LogP contribution in [0.1, 0.15) is 54.8 Å². The molecular formula is C27H37N3O. The average molecular weight is 420 g/mol. The number of nitrogens with zero attached hydrogens (tertiary/aromatic N) is 3. The van der Waals surface area contributed by atoms with Gasteiger partial charge in [-0.25, -0.2) is 0 Å². The van der Waals surface area contributed by atoms with Crippen LogP contribution < -0.4 is 4.74 Å². The Balaban J connectivity index is 0.000000254. The predicted octanol–water partition coefficient (Wildman–Crippen LogP) is 5.51. The molecular weight excluding hydrogens is 382 g/mol. The van der Waals surface area contributed by atoms with Gasteiger partial charge in [0.25, 0.3) is 0 Å². The normalized spacial score (nSPS) is 19.0. The minimum absolute atomic E-state index is 0.0888. The van der Waals surface area contributed by atoms with Crippen LogP contribution in [0.4, 0.5) is 0 Å². The van der Waals surface area contributed by atoms with Crippen molar-refractivity contribution < 1.29 is 4.74 Å². The summed E-state index contributed by atoms with van der Waals surface area (Å²) in [5.74, 6) is 0.917. The molecule has 0 spiro atoms. The zero-order valence-electron chi connectivity index (χ0n) is 19.4. The van der Waals surface area contributed by atoms with Crippen molar-refractivity contribution in [1.82, 2.24) is 9.80 Å². The van der Waals surface area contributed by atoms with Crippen LogP contribution in [0, 0.1) is 25.2 Å². The highest BCUT2D eigenvalue weighted by Crippen LogP contribution is 2.26. The fourth-order valence-electron chi connectivity index (χ4n) is 4.60. The van der Waals surface area contributed by atoms with Gasteiger partial charge in [-0.05, 0) is 44.4 Å². The van der Waals surface area contributed by atoms with Crippen LogP contribution in [0.3, 0.4) is 0 Å². The summed E-state index contributed by atoms with van der Waals surface area (Å²) in [6.45, 7) is 8.42. The molecule has 2 aromatic carbocycles. The first-order valence-corrected chi connectivity index (χ1v) is 11.7. The van der Waals surface area contributed by atoms with Crippen molar-refractivity contribution in [3.05, 3.63) is 65.2 Å². The van der Waals surface area contributed by atoms with Crippen molar-refractivity contribution in [2.75, 3.05) is 33.3 Å². The second-order valence-electron chi connectivity index (χ2n) is 8.82. The minimum Gasteiger partial charge on any atom is -0.497 e. The standard InChI is InChI=1S/C19H27N3.C8H10O/c1-16-7-9-17(10-8-16)19(15-20)22-13-11-21(12-14-22)18-5-3-2-4-6-18;1-7-3-5-8(9-2)6-4-7/h7-10,18-19H,2-6,11-14H2,1H3;3-6H,1-2H3. The van der Waals surface area contributed by atoms with Crippen molar-refractivity contribution in [2.24, 2.45) is 0 Å².